The summed E-state index contributed by atoms with van der Waals surface area (Å²) in [5.74, 6) is 0.636. The van der Waals surface area contributed by atoms with Crippen LogP contribution in [0.15, 0.2) is 36.5 Å². The molecule has 0 aliphatic carbocycles. The number of aromatic nitrogens is 1. The molecule has 0 unspecified atom stereocenters. The fraction of sp³-hybridized carbons (Fsp3) is 0.316. The van der Waals surface area contributed by atoms with Crippen molar-refractivity contribution in [1.82, 2.24) is 9.88 Å². The molecule has 0 saturated heterocycles. The maximum absolute atomic E-state index is 12.6. The minimum absolute atomic E-state index is 0.0583. The zero-order valence-electron chi connectivity index (χ0n) is 14.3. The fourth-order valence-electron chi connectivity index (χ4n) is 2.74. The highest BCUT2D eigenvalue weighted by Crippen LogP contribution is 2.25. The Labute approximate surface area is 146 Å². The Morgan fingerprint density at radius 2 is 2.12 bits per heavy atom. The zero-order valence-corrected chi connectivity index (χ0v) is 14.3. The van der Waals surface area contributed by atoms with Gasteiger partial charge in [-0.3, -0.25) is 10.1 Å². The summed E-state index contributed by atoms with van der Waals surface area (Å²) >= 11 is 0. The number of anilines is 1. The van der Waals surface area contributed by atoms with E-state index in [-0.39, 0.29) is 23.1 Å². The van der Waals surface area contributed by atoms with Crippen molar-refractivity contribution < 1.29 is 14.7 Å². The van der Waals surface area contributed by atoms with Crippen LogP contribution in [0.4, 0.5) is 10.6 Å². The van der Waals surface area contributed by atoms with Crippen molar-refractivity contribution in [3.63, 3.8) is 0 Å². The van der Waals surface area contributed by atoms with Crippen molar-refractivity contribution in [3.8, 4) is 5.75 Å². The van der Waals surface area contributed by atoms with Crippen LogP contribution < -0.4 is 5.32 Å². The number of nitrogens with one attached hydrogen (secondary N) is 1. The van der Waals surface area contributed by atoms with Gasteiger partial charge in [-0.2, -0.15) is 0 Å². The molecular weight excluding hydrogens is 318 g/mol. The summed E-state index contributed by atoms with van der Waals surface area (Å²) in [6.45, 7) is 5.30. The van der Waals surface area contributed by atoms with E-state index in [0.29, 0.717) is 30.4 Å². The van der Waals surface area contributed by atoms with E-state index in [1.54, 1.807) is 29.2 Å². The molecule has 0 saturated carbocycles. The van der Waals surface area contributed by atoms with E-state index < -0.39 is 0 Å². The highest BCUT2D eigenvalue weighted by atomic mass is 16.3. The van der Waals surface area contributed by atoms with Crippen LogP contribution in [0.3, 0.4) is 0 Å². The molecule has 2 N–H and O–H groups in total. The second-order valence-electron chi connectivity index (χ2n) is 6.61. The third kappa shape index (κ3) is 3.63. The summed E-state index contributed by atoms with van der Waals surface area (Å²) in [5.41, 5.74) is 1.42. The number of carbonyl (C=O) groups excluding carboxylic acids is 2. The van der Waals surface area contributed by atoms with Gasteiger partial charge in [0, 0.05) is 23.9 Å². The van der Waals surface area contributed by atoms with E-state index in [9.17, 15) is 14.7 Å². The second kappa shape index (κ2) is 6.93. The molecule has 1 aliphatic rings. The Morgan fingerprint density at radius 3 is 2.84 bits per heavy atom. The van der Waals surface area contributed by atoms with Crippen molar-refractivity contribution >= 4 is 17.6 Å². The second-order valence-corrected chi connectivity index (χ2v) is 6.61. The van der Waals surface area contributed by atoms with Gasteiger partial charge >= 0.3 is 6.03 Å². The number of benzene rings is 1. The number of amides is 2. The molecule has 2 heterocycles. The number of ketones is 1. The van der Waals surface area contributed by atoms with Gasteiger partial charge in [0.05, 0.1) is 12.1 Å². The predicted octanol–water partition coefficient (Wildman–Crippen LogP) is 3.41. The summed E-state index contributed by atoms with van der Waals surface area (Å²) < 4.78 is 0. The van der Waals surface area contributed by atoms with Crippen LogP contribution in [0.2, 0.25) is 0 Å². The minimum Gasteiger partial charge on any atom is -0.507 e. The molecule has 6 heteroatoms. The van der Waals surface area contributed by atoms with Crippen LogP contribution in [-0.4, -0.2) is 33.3 Å². The van der Waals surface area contributed by atoms with Gasteiger partial charge in [-0.05, 0) is 30.5 Å². The van der Waals surface area contributed by atoms with Gasteiger partial charge in [-0.15, -0.1) is 0 Å². The minimum atomic E-state index is -0.293. The SMILES string of the molecule is CC(C)CCN1Cc2cc(C(=O)c3ccccc3O)cnc2NC1=O. The van der Waals surface area contributed by atoms with Gasteiger partial charge < -0.3 is 10.0 Å². The van der Waals surface area contributed by atoms with Crippen LogP contribution in [0, 0.1) is 5.92 Å². The molecular formula is C19H21N3O3. The number of carbonyl (C=O) groups is 2. The van der Waals surface area contributed by atoms with Crippen molar-refractivity contribution in [3.05, 3.63) is 53.2 Å². The average molecular weight is 339 g/mol. The van der Waals surface area contributed by atoms with Crippen LogP contribution >= 0.6 is 0 Å². The van der Waals surface area contributed by atoms with E-state index in [4.69, 9.17) is 0 Å². The molecule has 0 fully saturated rings. The smallest absolute Gasteiger partial charge is 0.323 e. The number of nitrogens with zero attached hydrogens (tertiary/aromatic N) is 2. The Balaban J connectivity index is 1.85. The molecule has 6 nitrogen and oxygen atoms in total. The number of urea groups is 1. The van der Waals surface area contributed by atoms with Crippen LogP contribution in [0.25, 0.3) is 0 Å². The number of para-hydroxylation sites is 1. The molecule has 1 aliphatic heterocycles. The first-order chi connectivity index (χ1) is 12.0. The molecule has 25 heavy (non-hydrogen) atoms. The normalized spacial score (nSPS) is 13.6. The summed E-state index contributed by atoms with van der Waals surface area (Å²) in [4.78, 5) is 30.7. The standard InChI is InChI=1S/C19H21N3O3/c1-12(2)7-8-22-11-14-9-13(10-20-18(14)21-19(22)25)17(24)15-5-3-4-6-16(15)23/h3-6,9-10,12,23H,7-8,11H2,1-2H3,(H,20,21,25). The van der Waals surface area contributed by atoms with Crippen molar-refractivity contribution in [1.29, 1.82) is 0 Å². The molecule has 2 amide bonds. The van der Waals surface area contributed by atoms with Crippen molar-refractivity contribution in [2.24, 2.45) is 5.92 Å². The maximum Gasteiger partial charge on any atom is 0.323 e. The first-order valence-corrected chi connectivity index (χ1v) is 8.33. The average Bonchev–Trinajstić information content (AvgIpc) is 2.59. The monoisotopic (exact) mass is 339 g/mol. The Bertz CT molecular complexity index is 817. The van der Waals surface area contributed by atoms with E-state index in [1.165, 1.54) is 12.3 Å². The van der Waals surface area contributed by atoms with Crippen molar-refractivity contribution in [2.45, 2.75) is 26.8 Å². The quantitative estimate of drug-likeness (QED) is 0.818. The van der Waals surface area contributed by atoms with Gasteiger partial charge in [0.1, 0.15) is 11.6 Å². The molecule has 0 bridgehead atoms. The molecule has 0 spiro atoms. The maximum atomic E-state index is 12.6. The topological polar surface area (TPSA) is 82.5 Å². The van der Waals surface area contributed by atoms with Crippen molar-refractivity contribution in [2.75, 3.05) is 11.9 Å². The molecule has 0 atom stereocenters. The lowest BCUT2D eigenvalue weighted by Crippen LogP contribution is -2.40. The molecule has 130 valence electrons. The highest BCUT2D eigenvalue weighted by molar-refractivity contribution is 6.10. The fourth-order valence-corrected chi connectivity index (χ4v) is 2.74. The summed E-state index contributed by atoms with van der Waals surface area (Å²) in [6, 6.07) is 7.99. The lowest BCUT2D eigenvalue weighted by Gasteiger charge is -2.29. The van der Waals surface area contributed by atoms with Crippen LogP contribution in [-0.2, 0) is 6.54 Å². The third-order valence-electron chi connectivity index (χ3n) is 4.23. The van der Waals surface area contributed by atoms with Gasteiger partial charge in [0.25, 0.3) is 0 Å². The third-order valence-corrected chi connectivity index (χ3v) is 4.23. The number of fused-ring (bicyclic) bond motifs is 1. The molecule has 3 rings (SSSR count). The van der Waals surface area contributed by atoms with Gasteiger partial charge in [0.2, 0.25) is 0 Å². The Kier molecular flexibility index (Phi) is 4.70. The summed E-state index contributed by atoms with van der Waals surface area (Å²) in [5, 5.41) is 12.6. The number of aromatic hydroxyl groups is 1. The zero-order chi connectivity index (χ0) is 18.0. The highest BCUT2D eigenvalue weighted by Gasteiger charge is 2.25. The largest absolute Gasteiger partial charge is 0.507 e. The number of pyridine rings is 1. The van der Waals surface area contributed by atoms with E-state index in [2.05, 4.69) is 24.1 Å². The van der Waals surface area contributed by atoms with Gasteiger partial charge in [0.15, 0.2) is 5.78 Å². The van der Waals surface area contributed by atoms with Gasteiger partial charge in [-0.1, -0.05) is 26.0 Å². The number of rotatable bonds is 5. The van der Waals surface area contributed by atoms with E-state index in [1.807, 2.05) is 0 Å². The summed E-state index contributed by atoms with van der Waals surface area (Å²) in [6.07, 6.45) is 2.34. The number of phenols is 1. The van der Waals surface area contributed by atoms with E-state index >= 15 is 0 Å². The van der Waals surface area contributed by atoms with E-state index in [0.717, 1.165) is 12.0 Å². The first kappa shape index (κ1) is 17.0. The first-order valence-electron chi connectivity index (χ1n) is 8.33. The Hall–Kier alpha value is -2.89. The predicted molar refractivity (Wildman–Crippen MR) is 94.7 cm³/mol. The van der Waals surface area contributed by atoms with Crippen LogP contribution in [0.5, 0.6) is 5.75 Å². The number of hydrogen-bond donors (Lipinski definition) is 2. The molecule has 1 aromatic heterocycles. The lowest BCUT2D eigenvalue weighted by molar-refractivity contribution is 0.103. The van der Waals surface area contributed by atoms with Crippen LogP contribution in [0.1, 0.15) is 41.8 Å². The summed E-state index contributed by atoms with van der Waals surface area (Å²) in [7, 11) is 0. The number of phenolic OH excluding ortho intramolecular Hbond substituents is 1. The molecule has 1 aromatic carbocycles. The number of hydrogen-bond acceptors (Lipinski definition) is 4. The molecule has 2 aromatic rings. The molecule has 0 radical (unpaired) electrons. The Morgan fingerprint density at radius 1 is 1.36 bits per heavy atom. The van der Waals surface area contributed by atoms with Gasteiger partial charge in [-0.25, -0.2) is 9.78 Å². The lowest BCUT2D eigenvalue weighted by atomic mass is 10.0.